The van der Waals surface area contributed by atoms with Crippen molar-refractivity contribution in [1.82, 2.24) is 19.6 Å². The second-order valence-corrected chi connectivity index (χ2v) is 3.21. The molecule has 0 bridgehead atoms. The zero-order valence-electron chi connectivity index (χ0n) is 7.83. The molecule has 0 aliphatic heterocycles. The lowest BCUT2D eigenvalue weighted by atomic mass is 10.2. The first-order valence-corrected chi connectivity index (χ1v) is 4.57. The first-order chi connectivity index (χ1) is 7.40. The van der Waals surface area contributed by atoms with E-state index in [1.54, 1.807) is 23.1 Å². The van der Waals surface area contributed by atoms with Gasteiger partial charge in [0.1, 0.15) is 0 Å². The predicted octanol–water partition coefficient (Wildman–Crippen LogP) is 0.770. The van der Waals surface area contributed by atoms with Gasteiger partial charge < -0.3 is 5.11 Å². The van der Waals surface area contributed by atoms with Crippen LogP contribution in [-0.4, -0.2) is 24.7 Å². The molecule has 0 amide bonds. The number of pyridine rings is 1. The lowest BCUT2D eigenvalue weighted by molar-refractivity contribution is 0.278. The molecule has 0 saturated carbocycles. The lowest BCUT2D eigenvalue weighted by Crippen LogP contribution is -1.97. The van der Waals surface area contributed by atoms with Crippen LogP contribution in [0.15, 0.2) is 30.7 Å². The molecule has 74 valence electrons. The van der Waals surface area contributed by atoms with Gasteiger partial charge in [-0.1, -0.05) is 0 Å². The van der Waals surface area contributed by atoms with Crippen LogP contribution in [-0.2, 0) is 6.61 Å². The van der Waals surface area contributed by atoms with Crippen LogP contribution in [0.4, 0.5) is 0 Å². The van der Waals surface area contributed by atoms with Crippen LogP contribution in [0.1, 0.15) is 5.69 Å². The molecule has 3 rings (SSSR count). The Hall–Kier alpha value is -2.01. The van der Waals surface area contributed by atoms with Gasteiger partial charge in [-0.25, -0.2) is 9.50 Å². The van der Waals surface area contributed by atoms with E-state index in [0.29, 0.717) is 5.69 Å². The highest BCUT2D eigenvalue weighted by Gasteiger charge is 2.05. The van der Waals surface area contributed by atoms with Gasteiger partial charge in [-0.05, 0) is 6.07 Å². The van der Waals surface area contributed by atoms with Crippen molar-refractivity contribution in [2.45, 2.75) is 6.61 Å². The zero-order chi connectivity index (χ0) is 10.3. The SMILES string of the molecule is OCc1nccc2c1cnc1ccnn12. The average Bonchev–Trinajstić information content (AvgIpc) is 2.76. The van der Waals surface area contributed by atoms with Gasteiger partial charge in [0.05, 0.1) is 24.0 Å². The summed E-state index contributed by atoms with van der Waals surface area (Å²) in [6, 6.07) is 3.69. The van der Waals surface area contributed by atoms with E-state index in [1.807, 2.05) is 12.1 Å². The van der Waals surface area contributed by atoms with E-state index in [4.69, 9.17) is 5.11 Å². The summed E-state index contributed by atoms with van der Waals surface area (Å²) in [5, 5.41) is 14.1. The minimum Gasteiger partial charge on any atom is -0.390 e. The highest BCUT2D eigenvalue weighted by atomic mass is 16.3. The van der Waals surface area contributed by atoms with Crippen molar-refractivity contribution < 1.29 is 5.11 Å². The maximum absolute atomic E-state index is 9.14. The van der Waals surface area contributed by atoms with Gasteiger partial charge in [0.15, 0.2) is 5.65 Å². The molecule has 3 aromatic rings. The highest BCUT2D eigenvalue weighted by molar-refractivity contribution is 5.81. The normalized spacial score (nSPS) is 11.3. The number of nitrogens with zero attached hydrogens (tertiary/aromatic N) is 4. The molecule has 0 spiro atoms. The van der Waals surface area contributed by atoms with Crippen molar-refractivity contribution >= 4 is 16.6 Å². The Morgan fingerprint density at radius 3 is 3.00 bits per heavy atom. The Labute approximate surface area is 85.0 Å². The minimum absolute atomic E-state index is 0.0915. The van der Waals surface area contributed by atoms with Gasteiger partial charge in [-0.15, -0.1) is 0 Å². The lowest BCUT2D eigenvalue weighted by Gasteiger charge is -2.03. The number of hydrogen-bond donors (Lipinski definition) is 1. The molecule has 0 aromatic carbocycles. The summed E-state index contributed by atoms with van der Waals surface area (Å²) < 4.78 is 1.73. The Kier molecular flexibility index (Phi) is 1.66. The second kappa shape index (κ2) is 2.99. The number of rotatable bonds is 1. The third-order valence-electron chi connectivity index (χ3n) is 2.38. The number of aromatic nitrogens is 4. The van der Waals surface area contributed by atoms with Crippen LogP contribution in [0, 0.1) is 0 Å². The molecule has 1 N–H and O–H groups in total. The van der Waals surface area contributed by atoms with E-state index in [2.05, 4.69) is 15.1 Å². The van der Waals surface area contributed by atoms with Crippen molar-refractivity contribution in [2.75, 3.05) is 0 Å². The monoisotopic (exact) mass is 200 g/mol. The van der Waals surface area contributed by atoms with Crippen LogP contribution in [0.5, 0.6) is 0 Å². The van der Waals surface area contributed by atoms with Crippen LogP contribution in [0.3, 0.4) is 0 Å². The molecule has 0 aliphatic carbocycles. The summed E-state index contributed by atoms with van der Waals surface area (Å²) in [5.41, 5.74) is 2.32. The number of fused-ring (bicyclic) bond motifs is 3. The topological polar surface area (TPSA) is 63.3 Å². The molecular weight excluding hydrogens is 192 g/mol. The zero-order valence-corrected chi connectivity index (χ0v) is 7.83. The van der Waals surface area contributed by atoms with Crippen LogP contribution >= 0.6 is 0 Å². The van der Waals surface area contributed by atoms with Crippen molar-refractivity contribution in [2.24, 2.45) is 0 Å². The minimum atomic E-state index is -0.0915. The highest BCUT2D eigenvalue weighted by Crippen LogP contribution is 2.16. The van der Waals surface area contributed by atoms with E-state index in [1.165, 1.54) is 0 Å². The first kappa shape index (κ1) is 8.31. The predicted molar refractivity (Wildman–Crippen MR) is 54.2 cm³/mol. The summed E-state index contributed by atoms with van der Waals surface area (Å²) in [6.45, 7) is -0.0915. The number of aliphatic hydroxyl groups excluding tert-OH is 1. The molecule has 0 unspecified atom stereocenters. The van der Waals surface area contributed by atoms with E-state index in [9.17, 15) is 0 Å². The average molecular weight is 200 g/mol. The summed E-state index contributed by atoms with van der Waals surface area (Å²) >= 11 is 0. The second-order valence-electron chi connectivity index (χ2n) is 3.21. The third-order valence-corrected chi connectivity index (χ3v) is 2.38. The Morgan fingerprint density at radius 2 is 2.13 bits per heavy atom. The fraction of sp³-hybridized carbons (Fsp3) is 0.100. The molecule has 0 atom stereocenters. The third kappa shape index (κ3) is 1.10. The Balaban J connectivity index is 2.53. The van der Waals surface area contributed by atoms with E-state index < -0.39 is 0 Å². The molecule has 0 fully saturated rings. The van der Waals surface area contributed by atoms with Gasteiger partial charge in [0, 0.05) is 23.8 Å². The fourth-order valence-electron chi connectivity index (χ4n) is 1.67. The molecular formula is C10H8N4O. The molecule has 5 nitrogen and oxygen atoms in total. The Bertz CT molecular complexity index is 631. The van der Waals surface area contributed by atoms with E-state index in [0.717, 1.165) is 16.6 Å². The quantitative estimate of drug-likeness (QED) is 0.630. The number of aliphatic hydroxyl groups is 1. The maximum Gasteiger partial charge on any atom is 0.155 e. The molecule has 15 heavy (non-hydrogen) atoms. The molecule has 5 heteroatoms. The maximum atomic E-state index is 9.14. The van der Waals surface area contributed by atoms with Gasteiger partial charge >= 0.3 is 0 Å². The van der Waals surface area contributed by atoms with Gasteiger partial charge in [0.25, 0.3) is 0 Å². The summed E-state index contributed by atoms with van der Waals surface area (Å²) in [7, 11) is 0. The van der Waals surface area contributed by atoms with Crippen LogP contribution in [0.25, 0.3) is 16.6 Å². The number of hydrogen-bond acceptors (Lipinski definition) is 4. The van der Waals surface area contributed by atoms with Crippen LogP contribution < -0.4 is 0 Å². The summed E-state index contributed by atoms with van der Waals surface area (Å²) in [4.78, 5) is 8.31. The fourth-order valence-corrected chi connectivity index (χ4v) is 1.67. The standard InChI is InChI=1S/C10H8N4O/c15-6-8-7-5-12-10-2-4-13-14(10)9(7)1-3-11-8/h1-5,15H,6H2. The van der Waals surface area contributed by atoms with Crippen molar-refractivity contribution in [1.29, 1.82) is 0 Å². The summed E-state index contributed by atoms with van der Waals surface area (Å²) in [5.74, 6) is 0. The molecule has 0 saturated heterocycles. The van der Waals surface area contributed by atoms with Crippen molar-refractivity contribution in [3.8, 4) is 0 Å². The van der Waals surface area contributed by atoms with E-state index in [-0.39, 0.29) is 6.61 Å². The van der Waals surface area contributed by atoms with Crippen molar-refractivity contribution in [3.05, 3.63) is 36.4 Å². The largest absolute Gasteiger partial charge is 0.390 e. The summed E-state index contributed by atoms with van der Waals surface area (Å²) in [6.07, 6.45) is 5.07. The smallest absolute Gasteiger partial charge is 0.155 e. The van der Waals surface area contributed by atoms with Gasteiger partial charge in [-0.3, -0.25) is 4.98 Å². The van der Waals surface area contributed by atoms with Gasteiger partial charge in [0.2, 0.25) is 0 Å². The van der Waals surface area contributed by atoms with Crippen molar-refractivity contribution in [3.63, 3.8) is 0 Å². The van der Waals surface area contributed by atoms with Gasteiger partial charge in [-0.2, -0.15) is 5.10 Å². The molecule has 0 radical (unpaired) electrons. The van der Waals surface area contributed by atoms with E-state index >= 15 is 0 Å². The molecule has 3 heterocycles. The molecule has 3 aromatic heterocycles. The Morgan fingerprint density at radius 1 is 1.20 bits per heavy atom. The molecule has 0 aliphatic rings. The van der Waals surface area contributed by atoms with Crippen LogP contribution in [0.2, 0.25) is 0 Å². The first-order valence-electron chi connectivity index (χ1n) is 4.57.